The van der Waals surface area contributed by atoms with Gasteiger partial charge in [0.1, 0.15) is 0 Å². The highest BCUT2D eigenvalue weighted by Gasteiger charge is 2.18. The number of nitrogens with one attached hydrogen (secondary N) is 2. The van der Waals surface area contributed by atoms with Gasteiger partial charge in [0.2, 0.25) is 0 Å². The molecule has 0 amide bonds. The molecule has 2 heteroatoms. The Morgan fingerprint density at radius 2 is 1.94 bits per heavy atom. The molecule has 0 saturated heterocycles. The average Bonchev–Trinajstić information content (AvgIpc) is 2.70. The third-order valence-corrected chi connectivity index (χ3v) is 3.04. The molecule has 1 aromatic carbocycles. The first-order valence-electron chi connectivity index (χ1n) is 6.16. The Morgan fingerprint density at radius 1 is 1.19 bits per heavy atom. The van der Waals surface area contributed by atoms with Gasteiger partial charge in [-0.25, -0.2) is 0 Å². The van der Waals surface area contributed by atoms with Crippen molar-refractivity contribution >= 4 is 10.9 Å². The predicted octanol–water partition coefficient (Wildman–Crippen LogP) is 3.23. The molecule has 2 heterocycles. The molecule has 2 aromatic rings. The molecule has 0 radical (unpaired) electrons. The van der Waals surface area contributed by atoms with E-state index in [1.807, 2.05) is 13.8 Å². The Kier molecular flexibility index (Phi) is 3.30. The van der Waals surface area contributed by atoms with Crippen LogP contribution in [0.3, 0.4) is 0 Å². The molecule has 16 heavy (non-hydrogen) atoms. The summed E-state index contributed by atoms with van der Waals surface area (Å²) in [6, 6.07) is 9.16. The minimum Gasteiger partial charge on any atom is -0.357 e. The van der Waals surface area contributed by atoms with Gasteiger partial charge in [0, 0.05) is 29.2 Å². The van der Waals surface area contributed by atoms with E-state index in [2.05, 4.69) is 41.5 Å². The molecule has 1 aliphatic heterocycles. The quantitative estimate of drug-likeness (QED) is 0.695. The van der Waals surface area contributed by atoms with Crippen LogP contribution in [0, 0.1) is 0 Å². The van der Waals surface area contributed by atoms with E-state index in [9.17, 15) is 0 Å². The average molecular weight is 216 g/mol. The van der Waals surface area contributed by atoms with E-state index in [1.54, 1.807) is 0 Å². The summed E-state index contributed by atoms with van der Waals surface area (Å²) >= 11 is 0. The van der Waals surface area contributed by atoms with E-state index in [1.165, 1.54) is 22.2 Å². The van der Waals surface area contributed by atoms with Crippen molar-refractivity contribution in [1.29, 1.82) is 0 Å². The van der Waals surface area contributed by atoms with Crippen LogP contribution in [0.2, 0.25) is 0 Å². The smallest absolute Gasteiger partial charge is 0.0459 e. The number of aromatic amines is 1. The second kappa shape index (κ2) is 4.71. The lowest BCUT2D eigenvalue weighted by molar-refractivity contribution is 0.511. The molecule has 0 aliphatic carbocycles. The van der Waals surface area contributed by atoms with Gasteiger partial charge in [-0.15, -0.1) is 0 Å². The monoisotopic (exact) mass is 216 g/mol. The van der Waals surface area contributed by atoms with Crippen LogP contribution < -0.4 is 5.32 Å². The highest BCUT2D eigenvalue weighted by Crippen LogP contribution is 2.25. The van der Waals surface area contributed by atoms with Gasteiger partial charge in [0.25, 0.3) is 0 Å². The highest BCUT2D eigenvalue weighted by molar-refractivity contribution is 5.84. The summed E-state index contributed by atoms with van der Waals surface area (Å²) in [6.45, 7) is 7.22. The minimum absolute atomic E-state index is 0.599. The molecule has 1 aromatic heterocycles. The Balaban J connectivity index is 0.000000457. The molecular weight excluding hydrogens is 196 g/mol. The maximum atomic E-state index is 3.47. The molecule has 3 rings (SSSR count). The first kappa shape index (κ1) is 11.2. The Labute approximate surface area is 97.1 Å². The van der Waals surface area contributed by atoms with Crippen LogP contribution in [0.25, 0.3) is 10.9 Å². The van der Waals surface area contributed by atoms with Crippen LogP contribution in [-0.4, -0.2) is 11.0 Å². The van der Waals surface area contributed by atoms with Crippen molar-refractivity contribution < 1.29 is 0 Å². The normalized spacial score (nSPS) is 18.8. The van der Waals surface area contributed by atoms with Crippen LogP contribution >= 0.6 is 0 Å². The lowest BCUT2D eigenvalue weighted by Crippen LogP contribution is -2.32. The second-order valence-corrected chi connectivity index (χ2v) is 4.11. The largest absolute Gasteiger partial charge is 0.357 e. The Hall–Kier alpha value is -1.28. The minimum atomic E-state index is 0.599. The number of para-hydroxylation sites is 1. The second-order valence-electron chi connectivity index (χ2n) is 4.11. The van der Waals surface area contributed by atoms with Gasteiger partial charge in [-0.05, 0) is 25.0 Å². The summed E-state index contributed by atoms with van der Waals surface area (Å²) in [5.41, 5.74) is 4.14. The van der Waals surface area contributed by atoms with E-state index in [0.29, 0.717) is 6.04 Å². The summed E-state index contributed by atoms with van der Waals surface area (Å²) in [5, 5.41) is 4.87. The predicted molar refractivity (Wildman–Crippen MR) is 69.7 cm³/mol. The van der Waals surface area contributed by atoms with Crippen molar-refractivity contribution in [3.63, 3.8) is 0 Å². The lowest BCUT2D eigenvalue weighted by atomic mass is 10.00. The molecule has 0 saturated carbocycles. The lowest BCUT2D eigenvalue weighted by Gasteiger charge is -2.20. The highest BCUT2D eigenvalue weighted by atomic mass is 14.9. The number of benzene rings is 1. The molecule has 1 aliphatic rings. The molecular formula is C14H20N2. The SMILES string of the molecule is CC.CC1Cc2c([nH]c3ccccc23)CN1. The topological polar surface area (TPSA) is 27.8 Å². The fourth-order valence-corrected chi connectivity index (χ4v) is 2.29. The van der Waals surface area contributed by atoms with Crippen molar-refractivity contribution in [2.24, 2.45) is 0 Å². The maximum absolute atomic E-state index is 3.47. The van der Waals surface area contributed by atoms with Crippen molar-refractivity contribution in [3.05, 3.63) is 35.5 Å². The van der Waals surface area contributed by atoms with Crippen molar-refractivity contribution in [1.82, 2.24) is 10.3 Å². The fourth-order valence-electron chi connectivity index (χ4n) is 2.29. The zero-order chi connectivity index (χ0) is 11.5. The van der Waals surface area contributed by atoms with Gasteiger partial charge < -0.3 is 10.3 Å². The number of rotatable bonds is 0. The fraction of sp³-hybridized carbons (Fsp3) is 0.429. The summed E-state index contributed by atoms with van der Waals surface area (Å²) in [4.78, 5) is 3.47. The molecule has 0 bridgehead atoms. The van der Waals surface area contributed by atoms with E-state index in [4.69, 9.17) is 0 Å². The van der Waals surface area contributed by atoms with Crippen molar-refractivity contribution in [2.75, 3.05) is 0 Å². The van der Waals surface area contributed by atoms with Gasteiger partial charge in [-0.1, -0.05) is 32.0 Å². The third-order valence-electron chi connectivity index (χ3n) is 3.04. The van der Waals surface area contributed by atoms with E-state index in [-0.39, 0.29) is 0 Å². The summed E-state index contributed by atoms with van der Waals surface area (Å²) < 4.78 is 0. The number of H-pyrrole nitrogens is 1. The van der Waals surface area contributed by atoms with Crippen molar-refractivity contribution in [3.8, 4) is 0 Å². The summed E-state index contributed by atoms with van der Waals surface area (Å²) in [6.07, 6.45) is 1.14. The van der Waals surface area contributed by atoms with Crippen LogP contribution in [0.4, 0.5) is 0 Å². The summed E-state index contributed by atoms with van der Waals surface area (Å²) in [5.74, 6) is 0. The zero-order valence-electron chi connectivity index (χ0n) is 10.3. The number of fused-ring (bicyclic) bond motifs is 3. The molecule has 2 N–H and O–H groups in total. The number of aromatic nitrogens is 1. The molecule has 0 fully saturated rings. The standard InChI is InChI=1S/C12H14N2.C2H6/c1-8-6-10-9-4-2-3-5-11(9)14-12(10)7-13-8;1-2/h2-5,8,13-14H,6-7H2,1H3;1-2H3. The Bertz CT molecular complexity index is 471. The third kappa shape index (κ3) is 1.85. The maximum Gasteiger partial charge on any atom is 0.0459 e. The van der Waals surface area contributed by atoms with Gasteiger partial charge >= 0.3 is 0 Å². The molecule has 0 spiro atoms. The first-order valence-corrected chi connectivity index (χ1v) is 6.16. The molecule has 86 valence electrons. The first-order chi connectivity index (χ1) is 7.84. The zero-order valence-corrected chi connectivity index (χ0v) is 10.3. The molecule has 2 nitrogen and oxygen atoms in total. The van der Waals surface area contributed by atoms with Crippen LogP contribution in [-0.2, 0) is 13.0 Å². The van der Waals surface area contributed by atoms with Crippen LogP contribution in [0.5, 0.6) is 0 Å². The summed E-state index contributed by atoms with van der Waals surface area (Å²) in [7, 11) is 0. The molecule has 1 unspecified atom stereocenters. The Morgan fingerprint density at radius 3 is 2.75 bits per heavy atom. The van der Waals surface area contributed by atoms with Gasteiger partial charge in [-0.2, -0.15) is 0 Å². The van der Waals surface area contributed by atoms with E-state index < -0.39 is 0 Å². The van der Waals surface area contributed by atoms with Gasteiger partial charge in [0.05, 0.1) is 0 Å². The molecule has 1 atom stereocenters. The van der Waals surface area contributed by atoms with Gasteiger partial charge in [0.15, 0.2) is 0 Å². The number of hydrogen-bond acceptors (Lipinski definition) is 1. The van der Waals surface area contributed by atoms with E-state index in [0.717, 1.165) is 13.0 Å². The van der Waals surface area contributed by atoms with Crippen molar-refractivity contribution in [2.45, 2.75) is 39.8 Å². The van der Waals surface area contributed by atoms with Crippen LogP contribution in [0.1, 0.15) is 32.0 Å². The van der Waals surface area contributed by atoms with Crippen LogP contribution in [0.15, 0.2) is 24.3 Å². The number of hydrogen-bond donors (Lipinski definition) is 2. The van der Waals surface area contributed by atoms with E-state index >= 15 is 0 Å². The van der Waals surface area contributed by atoms with Gasteiger partial charge in [-0.3, -0.25) is 0 Å².